The molecule has 1 aromatic carbocycles. The maximum Gasteiger partial charge on any atom is 0.253 e. The number of fused-ring (bicyclic) bond motifs is 2. The summed E-state index contributed by atoms with van der Waals surface area (Å²) in [5, 5.41) is 20.9. The van der Waals surface area contributed by atoms with Crippen molar-refractivity contribution in [2.45, 2.75) is 25.5 Å². The van der Waals surface area contributed by atoms with E-state index in [0.29, 0.717) is 17.6 Å². The van der Waals surface area contributed by atoms with E-state index in [1.807, 2.05) is 31.2 Å². The molecule has 2 aromatic heterocycles. The molecule has 4 rings (SSSR count). The van der Waals surface area contributed by atoms with E-state index in [2.05, 4.69) is 20.5 Å². The Hall–Kier alpha value is -2.73. The first kappa shape index (κ1) is 13.9. The highest BCUT2D eigenvalue weighted by atomic mass is 16.3. The Morgan fingerprint density at radius 2 is 2.22 bits per heavy atom. The van der Waals surface area contributed by atoms with E-state index in [0.717, 1.165) is 22.2 Å². The molecule has 1 amide bonds. The highest BCUT2D eigenvalue weighted by molar-refractivity contribution is 5.97. The smallest absolute Gasteiger partial charge is 0.253 e. The van der Waals surface area contributed by atoms with Crippen LogP contribution in [0, 0.1) is 6.92 Å². The van der Waals surface area contributed by atoms with Gasteiger partial charge < -0.3 is 10.4 Å². The number of benzene rings is 1. The van der Waals surface area contributed by atoms with Gasteiger partial charge in [0.15, 0.2) is 5.65 Å². The van der Waals surface area contributed by atoms with E-state index in [1.54, 1.807) is 6.07 Å². The zero-order valence-electron chi connectivity index (χ0n) is 12.6. The first-order chi connectivity index (χ1) is 11.1. The van der Waals surface area contributed by atoms with Crippen LogP contribution in [0.1, 0.15) is 33.2 Å². The predicted molar refractivity (Wildman–Crippen MR) is 85.0 cm³/mol. The number of pyridine rings is 1. The van der Waals surface area contributed by atoms with Crippen molar-refractivity contribution in [3.05, 3.63) is 58.9 Å². The van der Waals surface area contributed by atoms with Gasteiger partial charge in [0.25, 0.3) is 5.91 Å². The van der Waals surface area contributed by atoms with Gasteiger partial charge in [-0.1, -0.05) is 24.3 Å². The molecule has 1 aliphatic rings. The normalized spacial score (nSPS) is 19.7. The van der Waals surface area contributed by atoms with Gasteiger partial charge in [-0.15, -0.1) is 0 Å². The van der Waals surface area contributed by atoms with Crippen LogP contribution in [0.25, 0.3) is 11.0 Å². The van der Waals surface area contributed by atoms with Crippen molar-refractivity contribution in [3.63, 3.8) is 0 Å². The van der Waals surface area contributed by atoms with E-state index in [1.165, 1.54) is 6.20 Å². The molecule has 6 heteroatoms. The minimum Gasteiger partial charge on any atom is -0.390 e. The molecular formula is C17H16N4O2. The van der Waals surface area contributed by atoms with Gasteiger partial charge in [0.2, 0.25) is 0 Å². The second kappa shape index (κ2) is 5.17. The van der Waals surface area contributed by atoms with Crippen LogP contribution in [0.4, 0.5) is 0 Å². The SMILES string of the molecule is Cc1[nH]nc2ncc(C(=O)N[C@H]3c4ccccc4C[C@H]3O)cc12. The van der Waals surface area contributed by atoms with Crippen molar-refractivity contribution < 1.29 is 9.90 Å². The first-order valence-corrected chi connectivity index (χ1v) is 7.51. The lowest BCUT2D eigenvalue weighted by Crippen LogP contribution is -2.33. The third kappa shape index (κ3) is 2.27. The van der Waals surface area contributed by atoms with Crippen molar-refractivity contribution in [1.29, 1.82) is 0 Å². The number of aromatic nitrogens is 3. The standard InChI is InChI=1S/C17H16N4O2/c1-9-13-6-11(8-18-16(13)21-20-9)17(23)19-15-12-5-3-2-4-10(12)7-14(15)22/h2-6,8,14-15,22H,7H2,1H3,(H,19,23)(H,18,20,21)/t14-,15+/m1/s1. The number of hydrogen-bond acceptors (Lipinski definition) is 4. The lowest BCUT2D eigenvalue weighted by Gasteiger charge is -2.17. The van der Waals surface area contributed by atoms with Crippen molar-refractivity contribution >= 4 is 16.9 Å². The third-order valence-corrected chi connectivity index (χ3v) is 4.35. The molecule has 1 aliphatic carbocycles. The Balaban J connectivity index is 1.63. The molecule has 2 heterocycles. The number of nitrogens with one attached hydrogen (secondary N) is 2. The molecular weight excluding hydrogens is 292 g/mol. The van der Waals surface area contributed by atoms with Crippen LogP contribution in [0.5, 0.6) is 0 Å². The summed E-state index contributed by atoms with van der Waals surface area (Å²) in [6.07, 6.45) is 1.45. The molecule has 0 fully saturated rings. The average molecular weight is 308 g/mol. The third-order valence-electron chi connectivity index (χ3n) is 4.35. The van der Waals surface area contributed by atoms with Gasteiger partial charge in [-0.05, 0) is 24.1 Å². The lowest BCUT2D eigenvalue weighted by atomic mass is 10.1. The number of nitrogens with zero attached hydrogens (tertiary/aromatic N) is 2. The quantitative estimate of drug-likeness (QED) is 0.671. The van der Waals surface area contributed by atoms with Gasteiger partial charge in [-0.2, -0.15) is 5.10 Å². The van der Waals surface area contributed by atoms with Crippen molar-refractivity contribution in [1.82, 2.24) is 20.5 Å². The molecule has 0 saturated carbocycles. The fourth-order valence-electron chi connectivity index (χ4n) is 3.12. The highest BCUT2D eigenvalue weighted by Gasteiger charge is 2.32. The van der Waals surface area contributed by atoms with Crippen molar-refractivity contribution in [2.24, 2.45) is 0 Å². The summed E-state index contributed by atoms with van der Waals surface area (Å²) in [6.45, 7) is 1.88. The minimum absolute atomic E-state index is 0.249. The van der Waals surface area contributed by atoms with Gasteiger partial charge in [-0.3, -0.25) is 9.89 Å². The van der Waals surface area contributed by atoms with Crippen LogP contribution < -0.4 is 5.32 Å². The summed E-state index contributed by atoms with van der Waals surface area (Å²) in [5.41, 5.74) is 3.96. The van der Waals surface area contributed by atoms with Gasteiger partial charge in [-0.25, -0.2) is 4.98 Å². The summed E-state index contributed by atoms with van der Waals surface area (Å²) < 4.78 is 0. The van der Waals surface area contributed by atoms with Crippen LogP contribution in [-0.4, -0.2) is 32.3 Å². The van der Waals surface area contributed by atoms with E-state index >= 15 is 0 Å². The molecule has 3 N–H and O–H groups in total. The number of aromatic amines is 1. The number of aryl methyl sites for hydroxylation is 1. The maximum atomic E-state index is 12.5. The number of carbonyl (C=O) groups is 1. The van der Waals surface area contributed by atoms with Gasteiger partial charge in [0.1, 0.15) is 0 Å². The molecule has 0 spiro atoms. The molecule has 0 unspecified atom stereocenters. The molecule has 3 aromatic rings. The topological polar surface area (TPSA) is 90.9 Å². The number of hydrogen-bond donors (Lipinski definition) is 3. The Morgan fingerprint density at radius 1 is 1.39 bits per heavy atom. The van der Waals surface area contributed by atoms with Crippen LogP contribution >= 0.6 is 0 Å². The van der Waals surface area contributed by atoms with Crippen LogP contribution in [0.2, 0.25) is 0 Å². The summed E-state index contributed by atoms with van der Waals surface area (Å²) in [7, 11) is 0. The second-order valence-electron chi connectivity index (χ2n) is 5.87. The van der Waals surface area contributed by atoms with Crippen LogP contribution in [-0.2, 0) is 6.42 Å². The van der Waals surface area contributed by atoms with Crippen molar-refractivity contribution in [2.75, 3.05) is 0 Å². The fourth-order valence-corrected chi connectivity index (χ4v) is 3.12. The Morgan fingerprint density at radius 3 is 3.09 bits per heavy atom. The Kier molecular flexibility index (Phi) is 3.12. The monoisotopic (exact) mass is 308 g/mol. The lowest BCUT2D eigenvalue weighted by molar-refractivity contribution is 0.0858. The van der Waals surface area contributed by atoms with E-state index in [4.69, 9.17) is 0 Å². The fraction of sp³-hybridized carbons (Fsp3) is 0.235. The number of carbonyl (C=O) groups excluding carboxylic acids is 1. The second-order valence-corrected chi connectivity index (χ2v) is 5.87. The molecule has 0 radical (unpaired) electrons. The van der Waals surface area contributed by atoms with Crippen molar-refractivity contribution in [3.8, 4) is 0 Å². The molecule has 116 valence electrons. The number of aliphatic hydroxyl groups is 1. The van der Waals surface area contributed by atoms with E-state index < -0.39 is 6.10 Å². The number of amides is 1. The predicted octanol–water partition coefficient (Wildman–Crippen LogP) is 1.65. The summed E-state index contributed by atoms with van der Waals surface area (Å²) in [6, 6.07) is 9.16. The molecule has 6 nitrogen and oxygen atoms in total. The summed E-state index contributed by atoms with van der Waals surface area (Å²) >= 11 is 0. The number of H-pyrrole nitrogens is 1. The van der Waals surface area contributed by atoms with Crippen LogP contribution in [0.3, 0.4) is 0 Å². The molecule has 0 saturated heterocycles. The minimum atomic E-state index is -0.608. The summed E-state index contributed by atoms with van der Waals surface area (Å²) in [5.74, 6) is -0.249. The van der Waals surface area contributed by atoms with Crippen LogP contribution in [0.15, 0.2) is 36.5 Å². The highest BCUT2D eigenvalue weighted by Crippen LogP contribution is 2.31. The van der Waals surface area contributed by atoms with Gasteiger partial charge in [0.05, 0.1) is 17.7 Å². The average Bonchev–Trinajstić information content (AvgIpc) is 3.08. The maximum absolute atomic E-state index is 12.5. The van der Waals surface area contributed by atoms with Gasteiger partial charge >= 0.3 is 0 Å². The van der Waals surface area contributed by atoms with E-state index in [-0.39, 0.29) is 11.9 Å². The Bertz CT molecular complexity index is 902. The molecule has 0 aliphatic heterocycles. The number of rotatable bonds is 2. The zero-order valence-corrected chi connectivity index (χ0v) is 12.6. The summed E-state index contributed by atoms with van der Waals surface area (Å²) in [4.78, 5) is 16.7. The van der Waals surface area contributed by atoms with Gasteiger partial charge in [0, 0.05) is 23.7 Å². The number of aliphatic hydroxyl groups excluding tert-OH is 1. The largest absolute Gasteiger partial charge is 0.390 e. The molecule has 2 atom stereocenters. The molecule has 23 heavy (non-hydrogen) atoms. The Labute approximate surface area is 132 Å². The molecule has 0 bridgehead atoms. The first-order valence-electron chi connectivity index (χ1n) is 7.51. The zero-order chi connectivity index (χ0) is 16.0. The van der Waals surface area contributed by atoms with E-state index in [9.17, 15) is 9.90 Å².